The Kier molecular flexibility index (Phi) is 7.73. The van der Waals surface area contributed by atoms with Crippen LogP contribution in [0.25, 0.3) is 0 Å². The Bertz CT molecular complexity index is 401. The number of carbonyl (C=O) groups excluding carboxylic acids is 1. The molecule has 1 aromatic carbocycles. The normalized spacial score (nSPS) is 10.6. The van der Waals surface area contributed by atoms with Crippen LogP contribution in [0.4, 0.5) is 5.69 Å². The van der Waals surface area contributed by atoms with Crippen molar-refractivity contribution < 1.29 is 9.53 Å². The van der Waals surface area contributed by atoms with Gasteiger partial charge in [-0.25, -0.2) is 0 Å². The number of rotatable bonds is 9. The molecule has 20 heavy (non-hydrogen) atoms. The largest absolute Gasteiger partial charge is 0.492 e. The Morgan fingerprint density at radius 1 is 1.15 bits per heavy atom. The minimum absolute atomic E-state index is 0.0130. The zero-order valence-electron chi connectivity index (χ0n) is 12.8. The predicted octanol–water partition coefficient (Wildman–Crippen LogP) is 3.15. The van der Waals surface area contributed by atoms with E-state index in [4.69, 9.17) is 4.74 Å². The van der Waals surface area contributed by atoms with Crippen molar-refractivity contribution in [2.75, 3.05) is 31.6 Å². The summed E-state index contributed by atoms with van der Waals surface area (Å²) in [6.45, 7) is 9.12. The van der Waals surface area contributed by atoms with Crippen LogP contribution < -0.4 is 10.1 Å². The van der Waals surface area contributed by atoms with Gasteiger partial charge in [0.15, 0.2) is 0 Å². The molecule has 4 heteroatoms. The van der Waals surface area contributed by atoms with E-state index in [1.54, 1.807) is 0 Å². The third-order valence-corrected chi connectivity index (χ3v) is 2.91. The first kappa shape index (κ1) is 16.5. The maximum atomic E-state index is 12.1. The third-order valence-electron chi connectivity index (χ3n) is 2.91. The number of hydrogen-bond acceptors (Lipinski definition) is 3. The highest BCUT2D eigenvalue weighted by atomic mass is 16.5. The van der Waals surface area contributed by atoms with Gasteiger partial charge in [0, 0.05) is 0 Å². The van der Waals surface area contributed by atoms with Crippen LogP contribution in [0, 0.1) is 0 Å². The van der Waals surface area contributed by atoms with Gasteiger partial charge in [-0.2, -0.15) is 0 Å². The van der Waals surface area contributed by atoms with Crippen molar-refractivity contribution in [3.8, 4) is 5.75 Å². The molecule has 1 amide bonds. The van der Waals surface area contributed by atoms with E-state index in [-0.39, 0.29) is 5.91 Å². The molecule has 0 saturated carbocycles. The molecule has 1 N–H and O–H groups in total. The number of para-hydroxylation sites is 2. The van der Waals surface area contributed by atoms with E-state index < -0.39 is 0 Å². The Morgan fingerprint density at radius 2 is 1.80 bits per heavy atom. The highest BCUT2D eigenvalue weighted by Crippen LogP contribution is 2.23. The monoisotopic (exact) mass is 278 g/mol. The maximum absolute atomic E-state index is 12.1. The van der Waals surface area contributed by atoms with Crippen LogP contribution in [0.2, 0.25) is 0 Å². The van der Waals surface area contributed by atoms with E-state index in [0.29, 0.717) is 13.2 Å². The molecule has 0 aliphatic rings. The Hall–Kier alpha value is -1.55. The zero-order chi connectivity index (χ0) is 14.8. The lowest BCUT2D eigenvalue weighted by atomic mass is 10.3. The highest BCUT2D eigenvalue weighted by Gasteiger charge is 2.11. The van der Waals surface area contributed by atoms with Crippen molar-refractivity contribution in [1.82, 2.24) is 4.90 Å². The van der Waals surface area contributed by atoms with Crippen LogP contribution in [0.1, 0.15) is 33.6 Å². The number of benzene rings is 1. The minimum Gasteiger partial charge on any atom is -0.492 e. The summed E-state index contributed by atoms with van der Waals surface area (Å²) in [4.78, 5) is 14.3. The van der Waals surface area contributed by atoms with Crippen LogP contribution >= 0.6 is 0 Å². The summed E-state index contributed by atoms with van der Waals surface area (Å²) >= 11 is 0. The van der Waals surface area contributed by atoms with E-state index in [9.17, 15) is 4.79 Å². The molecular weight excluding hydrogens is 252 g/mol. The van der Waals surface area contributed by atoms with Gasteiger partial charge in [-0.1, -0.05) is 26.0 Å². The fourth-order valence-corrected chi connectivity index (χ4v) is 2.15. The van der Waals surface area contributed by atoms with Crippen LogP contribution in [0.15, 0.2) is 24.3 Å². The fourth-order valence-electron chi connectivity index (χ4n) is 2.15. The van der Waals surface area contributed by atoms with Gasteiger partial charge in [0.05, 0.1) is 18.8 Å². The van der Waals surface area contributed by atoms with E-state index in [1.165, 1.54) is 0 Å². The summed E-state index contributed by atoms with van der Waals surface area (Å²) in [6.07, 6.45) is 2.12. The van der Waals surface area contributed by atoms with E-state index in [2.05, 4.69) is 24.1 Å². The second kappa shape index (κ2) is 9.37. The zero-order valence-corrected chi connectivity index (χ0v) is 12.8. The molecule has 0 spiro atoms. The van der Waals surface area contributed by atoms with Crippen LogP contribution in [0.3, 0.4) is 0 Å². The predicted molar refractivity (Wildman–Crippen MR) is 83.3 cm³/mol. The molecule has 112 valence electrons. The van der Waals surface area contributed by atoms with Gasteiger partial charge >= 0.3 is 0 Å². The number of hydrogen-bond donors (Lipinski definition) is 1. The van der Waals surface area contributed by atoms with Gasteiger partial charge in [0.25, 0.3) is 0 Å². The number of anilines is 1. The molecule has 0 unspecified atom stereocenters. The first-order chi connectivity index (χ1) is 9.71. The molecule has 1 rings (SSSR count). The van der Waals surface area contributed by atoms with Gasteiger partial charge in [-0.15, -0.1) is 0 Å². The first-order valence-electron chi connectivity index (χ1n) is 7.45. The summed E-state index contributed by atoms with van der Waals surface area (Å²) in [6, 6.07) is 7.54. The number of nitrogens with one attached hydrogen (secondary N) is 1. The summed E-state index contributed by atoms with van der Waals surface area (Å²) in [5.41, 5.74) is 0.743. The summed E-state index contributed by atoms with van der Waals surface area (Å²) in [7, 11) is 0. The first-order valence-corrected chi connectivity index (χ1v) is 7.45. The molecule has 0 aliphatic heterocycles. The molecule has 0 aliphatic carbocycles. The fraction of sp³-hybridized carbons (Fsp3) is 0.562. The number of nitrogens with zero attached hydrogens (tertiary/aromatic N) is 1. The molecular formula is C16H26N2O2. The van der Waals surface area contributed by atoms with Crippen LogP contribution in [0.5, 0.6) is 5.75 Å². The molecule has 0 bridgehead atoms. The maximum Gasteiger partial charge on any atom is 0.238 e. The van der Waals surface area contributed by atoms with Crippen LogP contribution in [-0.4, -0.2) is 37.0 Å². The van der Waals surface area contributed by atoms with Crippen LogP contribution in [-0.2, 0) is 4.79 Å². The van der Waals surface area contributed by atoms with Crippen molar-refractivity contribution in [2.24, 2.45) is 0 Å². The van der Waals surface area contributed by atoms with Gasteiger partial charge in [-0.3, -0.25) is 9.69 Å². The Labute approximate surface area is 122 Å². The average molecular weight is 278 g/mol. The molecule has 0 atom stereocenters. The van der Waals surface area contributed by atoms with Gasteiger partial charge in [0.2, 0.25) is 5.91 Å². The Morgan fingerprint density at radius 3 is 2.40 bits per heavy atom. The van der Waals surface area contributed by atoms with E-state index in [0.717, 1.165) is 37.4 Å². The standard InChI is InChI=1S/C16H26N2O2/c1-4-11-18(12-5-2)13-16(19)17-14-9-7-8-10-15(14)20-6-3/h7-10H,4-6,11-13H2,1-3H3,(H,17,19). The minimum atomic E-state index is 0.0130. The van der Waals surface area contributed by atoms with Crippen molar-refractivity contribution in [1.29, 1.82) is 0 Å². The molecule has 0 radical (unpaired) electrons. The average Bonchev–Trinajstić information content (AvgIpc) is 2.42. The van der Waals surface area contributed by atoms with Gasteiger partial charge in [-0.05, 0) is 45.0 Å². The number of amides is 1. The lowest BCUT2D eigenvalue weighted by Gasteiger charge is -2.20. The third kappa shape index (κ3) is 5.61. The lowest BCUT2D eigenvalue weighted by molar-refractivity contribution is -0.117. The molecule has 0 heterocycles. The molecule has 0 saturated heterocycles. The number of carbonyl (C=O) groups is 1. The van der Waals surface area contributed by atoms with E-state index >= 15 is 0 Å². The molecule has 0 aromatic heterocycles. The summed E-state index contributed by atoms with van der Waals surface area (Å²) < 4.78 is 5.51. The topological polar surface area (TPSA) is 41.6 Å². The van der Waals surface area contributed by atoms with Crippen molar-refractivity contribution in [3.63, 3.8) is 0 Å². The highest BCUT2D eigenvalue weighted by molar-refractivity contribution is 5.93. The van der Waals surface area contributed by atoms with E-state index in [1.807, 2.05) is 31.2 Å². The van der Waals surface area contributed by atoms with Crippen molar-refractivity contribution in [2.45, 2.75) is 33.6 Å². The smallest absolute Gasteiger partial charge is 0.238 e. The summed E-state index contributed by atoms with van der Waals surface area (Å²) in [5.74, 6) is 0.736. The number of ether oxygens (including phenoxy) is 1. The lowest BCUT2D eigenvalue weighted by Crippen LogP contribution is -2.34. The Balaban J connectivity index is 2.60. The second-order valence-corrected chi connectivity index (χ2v) is 4.75. The summed E-state index contributed by atoms with van der Waals surface area (Å²) in [5, 5.41) is 2.94. The molecule has 0 fully saturated rings. The quantitative estimate of drug-likeness (QED) is 0.754. The van der Waals surface area contributed by atoms with Crippen molar-refractivity contribution >= 4 is 11.6 Å². The van der Waals surface area contributed by atoms with Crippen molar-refractivity contribution in [3.05, 3.63) is 24.3 Å². The SMILES string of the molecule is CCCN(CCC)CC(=O)Nc1ccccc1OCC. The molecule has 1 aromatic rings. The van der Waals surface area contributed by atoms with Gasteiger partial charge < -0.3 is 10.1 Å². The second-order valence-electron chi connectivity index (χ2n) is 4.75. The van der Waals surface area contributed by atoms with Gasteiger partial charge in [0.1, 0.15) is 5.75 Å². The molecule has 4 nitrogen and oxygen atoms in total.